The molecule has 1 aliphatic heterocycles. The van der Waals surface area contributed by atoms with Gasteiger partial charge in [-0.25, -0.2) is 0 Å². The van der Waals surface area contributed by atoms with Crippen molar-refractivity contribution in [2.24, 2.45) is 0 Å². The molecule has 1 saturated heterocycles. The Labute approximate surface area is 45.2 Å². The van der Waals surface area contributed by atoms with Crippen LogP contribution in [0.15, 0.2) is 0 Å². The van der Waals surface area contributed by atoms with Crippen molar-refractivity contribution >= 4 is 0 Å². The summed E-state index contributed by atoms with van der Waals surface area (Å²) in [6.07, 6.45) is 1.32. The number of aliphatic hydroxyl groups is 1. The van der Waals surface area contributed by atoms with Gasteiger partial charge in [-0.15, -0.1) is 0 Å². The fraction of sp³-hybridized carbons (Fsp3) is 1.00. The summed E-state index contributed by atoms with van der Waals surface area (Å²) in [6, 6.07) is 0. The first-order valence-electron chi connectivity index (χ1n) is 2.76. The highest BCUT2D eigenvalue weighted by Gasteiger charge is 2.10. The van der Waals surface area contributed by atoms with E-state index in [1.807, 2.05) is 0 Å². The number of nitrogens with zero attached hydrogens (tertiary/aromatic N) is 1. The highest BCUT2D eigenvalue weighted by atomic mass is 16.3. The number of hydrogen-bond acceptors (Lipinski definition) is 2. The Bertz CT molecular complexity index is 56.4. The SMILES string of the molecule is OCCN1CCC1.[HH]. The molecule has 0 aromatic heterocycles. The van der Waals surface area contributed by atoms with Crippen molar-refractivity contribution in [3.63, 3.8) is 0 Å². The number of aliphatic hydroxyl groups excluding tert-OH is 1. The largest absolute Gasteiger partial charge is 0.395 e. The lowest BCUT2D eigenvalue weighted by atomic mass is 10.2. The summed E-state index contributed by atoms with van der Waals surface area (Å²) in [4.78, 5) is 2.24. The minimum atomic E-state index is 0. The lowest BCUT2D eigenvalue weighted by molar-refractivity contribution is 0.139. The van der Waals surface area contributed by atoms with E-state index in [1.54, 1.807) is 0 Å². The van der Waals surface area contributed by atoms with Gasteiger partial charge in [-0.1, -0.05) is 0 Å². The van der Waals surface area contributed by atoms with E-state index in [-0.39, 0.29) is 1.43 Å². The molecular weight excluding hydrogens is 90.1 g/mol. The summed E-state index contributed by atoms with van der Waals surface area (Å²) in [5.74, 6) is 0. The van der Waals surface area contributed by atoms with Crippen molar-refractivity contribution in [3.05, 3.63) is 0 Å². The molecule has 1 rings (SSSR count). The third-order valence-electron chi connectivity index (χ3n) is 1.36. The van der Waals surface area contributed by atoms with Crippen molar-refractivity contribution in [3.8, 4) is 0 Å². The van der Waals surface area contributed by atoms with Crippen LogP contribution in [0.3, 0.4) is 0 Å². The lowest BCUT2D eigenvalue weighted by Gasteiger charge is -2.29. The molecule has 0 unspecified atom stereocenters. The van der Waals surface area contributed by atoms with Crippen molar-refractivity contribution in [1.82, 2.24) is 4.90 Å². The van der Waals surface area contributed by atoms with Gasteiger partial charge in [0, 0.05) is 7.97 Å². The number of likely N-dealkylation sites (tertiary alicyclic amines) is 1. The van der Waals surface area contributed by atoms with E-state index >= 15 is 0 Å². The van der Waals surface area contributed by atoms with Crippen LogP contribution < -0.4 is 0 Å². The molecule has 1 N–H and O–H groups in total. The Balaban J connectivity index is 0.000000490. The maximum absolute atomic E-state index is 8.36. The zero-order valence-corrected chi connectivity index (χ0v) is 4.43. The molecule has 1 heterocycles. The number of hydrogen-bond donors (Lipinski definition) is 1. The van der Waals surface area contributed by atoms with E-state index < -0.39 is 0 Å². The molecule has 2 heteroatoms. The summed E-state index contributed by atoms with van der Waals surface area (Å²) < 4.78 is 0. The molecule has 1 fully saturated rings. The van der Waals surface area contributed by atoms with Crippen LogP contribution in [-0.2, 0) is 0 Å². The summed E-state index contributed by atoms with van der Waals surface area (Å²) in [5.41, 5.74) is 0. The normalized spacial score (nSPS) is 21.9. The van der Waals surface area contributed by atoms with Crippen molar-refractivity contribution in [2.75, 3.05) is 26.2 Å². The smallest absolute Gasteiger partial charge is 0.0558 e. The lowest BCUT2D eigenvalue weighted by Crippen LogP contribution is -2.38. The highest BCUT2D eigenvalue weighted by molar-refractivity contribution is 4.66. The first kappa shape index (κ1) is 5.06. The van der Waals surface area contributed by atoms with E-state index in [1.165, 1.54) is 19.5 Å². The van der Waals surface area contributed by atoms with Crippen LogP contribution in [0.4, 0.5) is 0 Å². The average Bonchev–Trinajstić information content (AvgIpc) is 1.55. The average molecular weight is 103 g/mol. The predicted molar refractivity (Wildman–Crippen MR) is 30.3 cm³/mol. The quantitative estimate of drug-likeness (QED) is 0.529. The molecule has 0 aliphatic carbocycles. The van der Waals surface area contributed by atoms with Gasteiger partial charge in [0.2, 0.25) is 0 Å². The minimum Gasteiger partial charge on any atom is -0.395 e. The molecule has 0 aromatic rings. The molecule has 44 valence electrons. The fourth-order valence-corrected chi connectivity index (χ4v) is 0.747. The second-order valence-electron chi connectivity index (χ2n) is 1.92. The third kappa shape index (κ3) is 1.14. The predicted octanol–water partition coefficient (Wildman–Crippen LogP) is -0.0696. The van der Waals surface area contributed by atoms with Crippen molar-refractivity contribution < 1.29 is 6.53 Å². The van der Waals surface area contributed by atoms with Crippen molar-refractivity contribution in [1.29, 1.82) is 0 Å². The molecule has 2 nitrogen and oxygen atoms in total. The molecule has 0 aromatic carbocycles. The first-order chi connectivity index (χ1) is 3.43. The summed E-state index contributed by atoms with van der Waals surface area (Å²) >= 11 is 0. The molecule has 0 saturated carbocycles. The summed E-state index contributed by atoms with van der Waals surface area (Å²) in [7, 11) is 0. The summed E-state index contributed by atoms with van der Waals surface area (Å²) in [6.45, 7) is 3.58. The van der Waals surface area contributed by atoms with Gasteiger partial charge in [-0.05, 0) is 19.5 Å². The molecule has 0 bridgehead atoms. The van der Waals surface area contributed by atoms with Crippen LogP contribution >= 0.6 is 0 Å². The van der Waals surface area contributed by atoms with E-state index in [0.717, 1.165) is 6.54 Å². The van der Waals surface area contributed by atoms with Gasteiger partial charge in [-0.3, -0.25) is 0 Å². The molecule has 0 amide bonds. The van der Waals surface area contributed by atoms with Crippen LogP contribution in [-0.4, -0.2) is 36.2 Å². The second kappa shape index (κ2) is 2.28. The first-order valence-corrected chi connectivity index (χ1v) is 2.76. The topological polar surface area (TPSA) is 23.5 Å². The van der Waals surface area contributed by atoms with Crippen LogP contribution in [0.5, 0.6) is 0 Å². The van der Waals surface area contributed by atoms with Crippen LogP contribution in [0, 0.1) is 0 Å². The molecular formula is C5H13NO. The van der Waals surface area contributed by atoms with E-state index in [0.29, 0.717) is 6.61 Å². The van der Waals surface area contributed by atoms with Crippen molar-refractivity contribution in [2.45, 2.75) is 6.42 Å². The van der Waals surface area contributed by atoms with Gasteiger partial charge in [0.25, 0.3) is 0 Å². The van der Waals surface area contributed by atoms with E-state index in [4.69, 9.17) is 5.11 Å². The Morgan fingerprint density at radius 2 is 2.29 bits per heavy atom. The Morgan fingerprint density at radius 1 is 1.57 bits per heavy atom. The molecule has 7 heavy (non-hydrogen) atoms. The minimum absolute atomic E-state index is 0. The molecule has 0 spiro atoms. The highest BCUT2D eigenvalue weighted by Crippen LogP contribution is 2.02. The summed E-state index contributed by atoms with van der Waals surface area (Å²) in [5, 5.41) is 8.36. The molecule has 0 atom stereocenters. The van der Waals surface area contributed by atoms with Gasteiger partial charge in [0.15, 0.2) is 0 Å². The van der Waals surface area contributed by atoms with Gasteiger partial charge in [-0.2, -0.15) is 0 Å². The zero-order chi connectivity index (χ0) is 5.11. The van der Waals surface area contributed by atoms with Gasteiger partial charge in [0.05, 0.1) is 6.61 Å². The third-order valence-corrected chi connectivity index (χ3v) is 1.36. The zero-order valence-electron chi connectivity index (χ0n) is 4.43. The standard InChI is InChI=1S/C5H11NO.H2/c7-5-4-6-2-1-3-6;/h7H,1-5H2;1H. The number of β-amino-alcohol motifs (C(OH)–C–C–N with tert-alkyl or cyclic N) is 1. The maximum atomic E-state index is 8.36. The maximum Gasteiger partial charge on any atom is 0.0558 e. The second-order valence-corrected chi connectivity index (χ2v) is 1.92. The van der Waals surface area contributed by atoms with E-state index in [9.17, 15) is 0 Å². The van der Waals surface area contributed by atoms with Gasteiger partial charge >= 0.3 is 0 Å². The van der Waals surface area contributed by atoms with Crippen LogP contribution in [0.1, 0.15) is 7.85 Å². The molecule has 0 radical (unpaired) electrons. The molecule has 1 aliphatic rings. The Hall–Kier alpha value is -0.0800. The van der Waals surface area contributed by atoms with E-state index in [2.05, 4.69) is 4.90 Å². The van der Waals surface area contributed by atoms with Crippen LogP contribution in [0.25, 0.3) is 0 Å². The van der Waals surface area contributed by atoms with Crippen LogP contribution in [0.2, 0.25) is 0 Å². The Morgan fingerprint density at radius 3 is 2.43 bits per heavy atom. The monoisotopic (exact) mass is 103 g/mol. The number of rotatable bonds is 2. The Kier molecular flexibility index (Phi) is 1.65. The fourth-order valence-electron chi connectivity index (χ4n) is 0.747. The van der Waals surface area contributed by atoms with Gasteiger partial charge in [0.1, 0.15) is 0 Å². The van der Waals surface area contributed by atoms with Gasteiger partial charge < -0.3 is 10.0 Å².